The second-order valence-electron chi connectivity index (χ2n) is 4.20. The SMILES string of the molecule is CC(O)(Cn1ccc2c(Br)cccc21)C(=O)O. The Morgan fingerprint density at radius 3 is 2.82 bits per heavy atom. The van der Waals surface area contributed by atoms with Crippen LogP contribution in [0.25, 0.3) is 10.9 Å². The van der Waals surface area contributed by atoms with Crippen LogP contribution in [-0.2, 0) is 11.3 Å². The Morgan fingerprint density at radius 2 is 2.18 bits per heavy atom. The van der Waals surface area contributed by atoms with E-state index in [-0.39, 0.29) is 6.54 Å². The number of halogens is 1. The number of aliphatic carboxylic acids is 1. The summed E-state index contributed by atoms with van der Waals surface area (Å²) < 4.78 is 2.68. The fraction of sp³-hybridized carbons (Fsp3) is 0.250. The summed E-state index contributed by atoms with van der Waals surface area (Å²) in [4.78, 5) is 10.9. The molecule has 1 unspecified atom stereocenters. The Kier molecular flexibility index (Phi) is 2.97. The standard InChI is InChI=1S/C12H12BrNO3/c1-12(17,11(15)16)7-14-6-5-8-9(13)3-2-4-10(8)14/h2-6,17H,7H2,1H3,(H,15,16). The number of aromatic nitrogens is 1. The maximum absolute atomic E-state index is 10.9. The van der Waals surface area contributed by atoms with Gasteiger partial charge in [0.1, 0.15) is 0 Å². The summed E-state index contributed by atoms with van der Waals surface area (Å²) in [7, 11) is 0. The Morgan fingerprint density at radius 1 is 1.47 bits per heavy atom. The number of benzene rings is 1. The number of hydrogen-bond donors (Lipinski definition) is 2. The summed E-state index contributed by atoms with van der Waals surface area (Å²) in [6.45, 7) is 1.31. The average molecular weight is 298 g/mol. The van der Waals surface area contributed by atoms with Crippen molar-refractivity contribution in [2.75, 3.05) is 0 Å². The fourth-order valence-corrected chi connectivity index (χ4v) is 2.21. The molecule has 90 valence electrons. The second kappa shape index (κ2) is 4.16. The zero-order valence-corrected chi connectivity index (χ0v) is 10.8. The summed E-state index contributed by atoms with van der Waals surface area (Å²) in [5.41, 5.74) is -0.880. The first-order chi connectivity index (χ1) is 7.92. The van der Waals surface area contributed by atoms with Crippen molar-refractivity contribution >= 4 is 32.8 Å². The first-order valence-corrected chi connectivity index (χ1v) is 5.90. The topological polar surface area (TPSA) is 62.5 Å². The van der Waals surface area contributed by atoms with Crippen molar-refractivity contribution in [3.8, 4) is 0 Å². The van der Waals surface area contributed by atoms with Gasteiger partial charge in [-0.1, -0.05) is 22.0 Å². The van der Waals surface area contributed by atoms with Crippen LogP contribution in [0.3, 0.4) is 0 Å². The van der Waals surface area contributed by atoms with Gasteiger partial charge < -0.3 is 14.8 Å². The number of fused-ring (bicyclic) bond motifs is 1. The molecule has 0 saturated heterocycles. The van der Waals surface area contributed by atoms with Crippen LogP contribution in [-0.4, -0.2) is 26.4 Å². The van der Waals surface area contributed by atoms with Crippen molar-refractivity contribution in [2.24, 2.45) is 0 Å². The fourth-order valence-electron chi connectivity index (χ4n) is 1.72. The van der Waals surface area contributed by atoms with Gasteiger partial charge >= 0.3 is 5.97 Å². The molecule has 1 atom stereocenters. The van der Waals surface area contributed by atoms with Crippen LogP contribution in [0.1, 0.15) is 6.92 Å². The minimum atomic E-state index is -1.77. The molecule has 1 aromatic heterocycles. The lowest BCUT2D eigenvalue weighted by atomic mass is 10.1. The summed E-state index contributed by atoms with van der Waals surface area (Å²) in [5, 5.41) is 19.6. The van der Waals surface area contributed by atoms with Crippen LogP contribution in [0, 0.1) is 0 Å². The molecule has 2 rings (SSSR count). The number of hydrogen-bond acceptors (Lipinski definition) is 2. The average Bonchev–Trinajstić information content (AvgIpc) is 2.62. The van der Waals surface area contributed by atoms with Crippen LogP contribution in [0.2, 0.25) is 0 Å². The third kappa shape index (κ3) is 2.21. The Hall–Kier alpha value is -1.33. The normalized spacial score (nSPS) is 14.8. The third-order valence-electron chi connectivity index (χ3n) is 2.70. The van der Waals surface area contributed by atoms with Gasteiger partial charge in [0.05, 0.1) is 6.54 Å². The van der Waals surface area contributed by atoms with Gasteiger partial charge in [-0.2, -0.15) is 0 Å². The van der Waals surface area contributed by atoms with E-state index in [9.17, 15) is 9.90 Å². The van der Waals surface area contributed by atoms with E-state index >= 15 is 0 Å². The highest BCUT2D eigenvalue weighted by molar-refractivity contribution is 9.10. The molecule has 1 aromatic carbocycles. The van der Waals surface area contributed by atoms with Crippen LogP contribution >= 0.6 is 15.9 Å². The molecule has 0 fully saturated rings. The van der Waals surface area contributed by atoms with Crippen molar-refractivity contribution < 1.29 is 15.0 Å². The van der Waals surface area contributed by atoms with Crippen LogP contribution in [0.15, 0.2) is 34.9 Å². The van der Waals surface area contributed by atoms with Crippen LogP contribution < -0.4 is 0 Å². The van der Waals surface area contributed by atoms with Crippen LogP contribution in [0.5, 0.6) is 0 Å². The van der Waals surface area contributed by atoms with E-state index in [0.717, 1.165) is 15.4 Å². The van der Waals surface area contributed by atoms with E-state index in [1.807, 2.05) is 24.3 Å². The Bertz CT molecular complexity index is 574. The number of carbonyl (C=O) groups is 1. The highest BCUT2D eigenvalue weighted by Gasteiger charge is 2.30. The number of nitrogens with zero attached hydrogens (tertiary/aromatic N) is 1. The summed E-state index contributed by atoms with van der Waals surface area (Å²) in [6.07, 6.45) is 1.77. The lowest BCUT2D eigenvalue weighted by molar-refractivity contribution is -0.157. The highest BCUT2D eigenvalue weighted by atomic mass is 79.9. The molecular weight excluding hydrogens is 286 g/mol. The maximum atomic E-state index is 10.9. The monoisotopic (exact) mass is 297 g/mol. The van der Waals surface area contributed by atoms with Crippen molar-refractivity contribution in [1.82, 2.24) is 4.57 Å². The number of aliphatic hydroxyl groups is 1. The summed E-state index contributed by atoms with van der Waals surface area (Å²) in [6, 6.07) is 7.57. The van der Waals surface area contributed by atoms with E-state index in [4.69, 9.17) is 5.11 Å². The molecule has 4 nitrogen and oxygen atoms in total. The molecule has 5 heteroatoms. The molecule has 0 radical (unpaired) electrons. The lowest BCUT2D eigenvalue weighted by Gasteiger charge is -2.19. The van der Waals surface area contributed by atoms with Crippen LogP contribution in [0.4, 0.5) is 0 Å². The predicted molar refractivity (Wildman–Crippen MR) is 67.9 cm³/mol. The second-order valence-corrected chi connectivity index (χ2v) is 5.05. The molecular formula is C12H12BrNO3. The zero-order chi connectivity index (χ0) is 12.6. The van der Waals surface area contributed by atoms with Gasteiger partial charge in [-0.3, -0.25) is 0 Å². The first kappa shape index (κ1) is 12.1. The van der Waals surface area contributed by atoms with Crippen molar-refractivity contribution in [2.45, 2.75) is 19.1 Å². The van der Waals surface area contributed by atoms with E-state index in [2.05, 4.69) is 15.9 Å². The van der Waals surface area contributed by atoms with E-state index in [0.29, 0.717) is 0 Å². The molecule has 0 aliphatic carbocycles. The van der Waals surface area contributed by atoms with E-state index < -0.39 is 11.6 Å². The van der Waals surface area contributed by atoms with Gasteiger partial charge in [0, 0.05) is 21.6 Å². The largest absolute Gasteiger partial charge is 0.479 e. The summed E-state index contributed by atoms with van der Waals surface area (Å²) >= 11 is 3.43. The van der Waals surface area contributed by atoms with Crippen molar-refractivity contribution in [1.29, 1.82) is 0 Å². The maximum Gasteiger partial charge on any atom is 0.337 e. The van der Waals surface area contributed by atoms with Gasteiger partial charge in [-0.15, -0.1) is 0 Å². The molecule has 0 aliphatic heterocycles. The highest BCUT2D eigenvalue weighted by Crippen LogP contribution is 2.25. The molecule has 0 amide bonds. The molecule has 2 aromatic rings. The molecule has 0 saturated carbocycles. The molecule has 0 aliphatic rings. The minimum absolute atomic E-state index is 0.0162. The number of carboxylic acids is 1. The van der Waals surface area contributed by atoms with Gasteiger partial charge in [0.25, 0.3) is 0 Å². The smallest absolute Gasteiger partial charge is 0.337 e. The Labute approximate surface area is 107 Å². The molecule has 17 heavy (non-hydrogen) atoms. The van der Waals surface area contributed by atoms with E-state index in [1.54, 1.807) is 10.8 Å². The van der Waals surface area contributed by atoms with Gasteiger partial charge in [0.2, 0.25) is 0 Å². The predicted octanol–water partition coefficient (Wildman–Crippen LogP) is 2.24. The molecule has 1 heterocycles. The molecule has 0 spiro atoms. The number of carboxylic acid groups (broad SMARTS) is 1. The van der Waals surface area contributed by atoms with E-state index in [1.165, 1.54) is 6.92 Å². The van der Waals surface area contributed by atoms with Gasteiger partial charge in [-0.05, 0) is 25.1 Å². The zero-order valence-electron chi connectivity index (χ0n) is 9.22. The third-order valence-corrected chi connectivity index (χ3v) is 3.39. The van der Waals surface area contributed by atoms with Crippen molar-refractivity contribution in [3.05, 3.63) is 34.9 Å². The summed E-state index contributed by atoms with van der Waals surface area (Å²) in [5.74, 6) is -1.23. The quantitative estimate of drug-likeness (QED) is 0.913. The molecule has 0 bridgehead atoms. The Balaban J connectivity index is 2.44. The van der Waals surface area contributed by atoms with Crippen molar-refractivity contribution in [3.63, 3.8) is 0 Å². The van der Waals surface area contributed by atoms with Gasteiger partial charge in [0.15, 0.2) is 5.60 Å². The number of rotatable bonds is 3. The lowest BCUT2D eigenvalue weighted by Crippen LogP contribution is -2.39. The van der Waals surface area contributed by atoms with Gasteiger partial charge in [-0.25, -0.2) is 4.79 Å². The first-order valence-electron chi connectivity index (χ1n) is 5.11. The molecule has 2 N–H and O–H groups in total. The minimum Gasteiger partial charge on any atom is -0.479 e.